The molecule has 2 N–H and O–H groups in total. The van der Waals surface area contributed by atoms with Crippen LogP contribution in [0.3, 0.4) is 0 Å². The molecule has 2 aliphatic heterocycles. The molecule has 2 heterocycles. The molecule has 6 heteroatoms. The highest BCUT2D eigenvalue weighted by Crippen LogP contribution is 2.50. The van der Waals surface area contributed by atoms with Crippen molar-refractivity contribution in [1.82, 2.24) is 10.2 Å². The maximum Gasteiger partial charge on any atom is 0.251 e. The van der Waals surface area contributed by atoms with Crippen molar-refractivity contribution in [3.63, 3.8) is 0 Å². The molecule has 2 aromatic carbocycles. The van der Waals surface area contributed by atoms with Crippen LogP contribution in [0, 0.1) is 17.8 Å². The Labute approximate surface area is 224 Å². The summed E-state index contributed by atoms with van der Waals surface area (Å²) >= 11 is 6.40. The largest absolute Gasteiger partial charge is 0.381 e. The van der Waals surface area contributed by atoms with Crippen LogP contribution in [0.4, 0.5) is 5.69 Å². The number of amides is 2. The van der Waals surface area contributed by atoms with E-state index in [1.807, 2.05) is 36.4 Å². The van der Waals surface area contributed by atoms with Crippen LogP contribution in [0.2, 0.25) is 0 Å². The smallest absolute Gasteiger partial charge is 0.251 e. The molecule has 37 heavy (non-hydrogen) atoms. The van der Waals surface area contributed by atoms with Gasteiger partial charge in [0, 0.05) is 46.7 Å². The first-order valence-corrected chi connectivity index (χ1v) is 14.0. The molecule has 5 nitrogen and oxygen atoms in total. The monoisotopic (exact) mass is 515 g/mol. The number of fused-ring (bicyclic) bond motifs is 3. The van der Waals surface area contributed by atoms with Gasteiger partial charge < -0.3 is 15.5 Å². The van der Waals surface area contributed by atoms with Gasteiger partial charge >= 0.3 is 0 Å². The summed E-state index contributed by atoms with van der Waals surface area (Å²) in [5, 5.41) is 7.83. The van der Waals surface area contributed by atoms with Crippen LogP contribution < -0.4 is 10.6 Å². The maximum atomic E-state index is 14.2. The molecule has 6 rings (SSSR count). The summed E-state index contributed by atoms with van der Waals surface area (Å²) in [4.78, 5) is 29.3. The van der Waals surface area contributed by atoms with E-state index in [0.717, 1.165) is 55.8 Å². The maximum absolute atomic E-state index is 14.2. The predicted octanol–water partition coefficient (Wildman–Crippen LogP) is 6.06. The van der Waals surface area contributed by atoms with Crippen LogP contribution in [0.1, 0.15) is 60.5 Å². The van der Waals surface area contributed by atoms with E-state index in [9.17, 15) is 9.59 Å². The van der Waals surface area contributed by atoms with Gasteiger partial charge in [-0.15, -0.1) is 0 Å². The Kier molecular flexibility index (Phi) is 6.81. The third-order valence-corrected chi connectivity index (χ3v) is 9.00. The van der Waals surface area contributed by atoms with Gasteiger partial charge in [-0.25, -0.2) is 0 Å². The van der Waals surface area contributed by atoms with Gasteiger partial charge in [-0.2, -0.15) is 0 Å². The lowest BCUT2D eigenvalue weighted by molar-refractivity contribution is -0.139. The number of para-hydroxylation sites is 1. The van der Waals surface area contributed by atoms with Crippen molar-refractivity contribution in [2.45, 2.75) is 56.7 Å². The van der Waals surface area contributed by atoms with Crippen molar-refractivity contribution in [2.75, 3.05) is 11.9 Å². The lowest BCUT2D eigenvalue weighted by Crippen LogP contribution is -2.51. The number of carbonyl (C=O) groups is 2. The molecule has 2 amide bonds. The summed E-state index contributed by atoms with van der Waals surface area (Å²) in [6.07, 6.45) is 11.9. The molecule has 1 saturated heterocycles. The SMILES string of the molecule is O=C(N[C@@H]1CCCC[C@@H]1C(=O)N1CC[C@@H]2[C@H](C3C=C(Cl)C=CC3)Nc3ccccc3[C@@H]21)c1ccccc1. The first-order chi connectivity index (χ1) is 18.1. The number of anilines is 1. The molecular weight excluding hydrogens is 482 g/mol. The van der Waals surface area contributed by atoms with Gasteiger partial charge in [0.15, 0.2) is 0 Å². The minimum absolute atomic E-state index is 0.0421. The molecule has 4 aliphatic rings. The average Bonchev–Trinajstić information content (AvgIpc) is 3.39. The van der Waals surface area contributed by atoms with Crippen molar-refractivity contribution in [1.29, 1.82) is 0 Å². The van der Waals surface area contributed by atoms with Gasteiger partial charge in [-0.05, 0) is 55.5 Å². The lowest BCUT2D eigenvalue weighted by atomic mass is 9.75. The van der Waals surface area contributed by atoms with Crippen LogP contribution in [0.15, 0.2) is 77.9 Å². The highest BCUT2D eigenvalue weighted by Gasteiger charge is 2.49. The highest BCUT2D eigenvalue weighted by molar-refractivity contribution is 6.31. The Morgan fingerprint density at radius 3 is 2.59 bits per heavy atom. The van der Waals surface area contributed by atoms with Gasteiger partial charge in [-0.3, -0.25) is 9.59 Å². The van der Waals surface area contributed by atoms with Gasteiger partial charge in [0.1, 0.15) is 0 Å². The van der Waals surface area contributed by atoms with Gasteiger partial charge in [0.2, 0.25) is 5.91 Å². The van der Waals surface area contributed by atoms with Gasteiger partial charge in [-0.1, -0.05) is 73.0 Å². The highest BCUT2D eigenvalue weighted by atomic mass is 35.5. The topological polar surface area (TPSA) is 61.4 Å². The number of allylic oxidation sites excluding steroid dienone is 3. The van der Waals surface area contributed by atoms with Crippen LogP contribution in [-0.4, -0.2) is 35.3 Å². The second-order valence-corrected chi connectivity index (χ2v) is 11.3. The fraction of sp³-hybridized carbons (Fsp3) is 0.419. The summed E-state index contributed by atoms with van der Waals surface area (Å²) < 4.78 is 0. The van der Waals surface area contributed by atoms with Crippen molar-refractivity contribution < 1.29 is 9.59 Å². The second-order valence-electron chi connectivity index (χ2n) is 10.9. The quantitative estimate of drug-likeness (QED) is 0.520. The molecule has 2 aromatic rings. The van der Waals surface area contributed by atoms with E-state index < -0.39 is 0 Å². The van der Waals surface area contributed by atoms with Crippen molar-refractivity contribution in [3.8, 4) is 0 Å². The van der Waals surface area contributed by atoms with E-state index in [1.165, 1.54) is 5.56 Å². The van der Waals surface area contributed by atoms with Crippen LogP contribution >= 0.6 is 11.6 Å². The first kappa shape index (κ1) is 24.3. The second kappa shape index (κ2) is 10.4. The minimum atomic E-state index is -0.187. The molecule has 1 unspecified atom stereocenters. The van der Waals surface area contributed by atoms with E-state index in [0.29, 0.717) is 17.4 Å². The van der Waals surface area contributed by atoms with Gasteiger partial charge in [0.25, 0.3) is 5.91 Å². The number of rotatable bonds is 4. The molecule has 0 bridgehead atoms. The number of halogens is 1. The normalized spacial score (nSPS) is 30.5. The molecule has 2 aliphatic carbocycles. The molecular formula is C31H34ClN3O2. The average molecular weight is 516 g/mol. The molecule has 2 fully saturated rings. The molecule has 0 spiro atoms. The van der Waals surface area contributed by atoms with E-state index in [2.05, 4.69) is 52.0 Å². The number of benzene rings is 2. The number of nitrogens with zero attached hydrogens (tertiary/aromatic N) is 1. The Hall–Kier alpha value is -3.05. The summed E-state index contributed by atoms with van der Waals surface area (Å²) in [6, 6.07) is 17.9. The van der Waals surface area contributed by atoms with Crippen LogP contribution in [0.25, 0.3) is 0 Å². The van der Waals surface area contributed by atoms with E-state index in [-0.39, 0.29) is 35.9 Å². The summed E-state index contributed by atoms with van der Waals surface area (Å²) in [5.74, 6) is 0.523. The van der Waals surface area contributed by atoms with Crippen molar-refractivity contribution in [2.24, 2.45) is 17.8 Å². The number of carbonyl (C=O) groups excluding carboxylic acids is 2. The zero-order valence-electron chi connectivity index (χ0n) is 21.0. The molecule has 1 saturated carbocycles. The van der Waals surface area contributed by atoms with E-state index >= 15 is 0 Å². The lowest BCUT2D eigenvalue weighted by Gasteiger charge is -2.44. The zero-order chi connectivity index (χ0) is 25.4. The number of hydrogen-bond acceptors (Lipinski definition) is 3. The van der Waals surface area contributed by atoms with Crippen LogP contribution in [0.5, 0.6) is 0 Å². The van der Waals surface area contributed by atoms with Gasteiger partial charge in [0.05, 0.1) is 12.0 Å². The minimum Gasteiger partial charge on any atom is -0.381 e. The van der Waals surface area contributed by atoms with E-state index in [1.54, 1.807) is 0 Å². The third-order valence-electron chi connectivity index (χ3n) is 8.75. The molecule has 192 valence electrons. The Morgan fingerprint density at radius 1 is 0.973 bits per heavy atom. The Balaban J connectivity index is 1.26. The zero-order valence-corrected chi connectivity index (χ0v) is 21.7. The molecule has 0 aromatic heterocycles. The Bertz CT molecular complexity index is 1230. The summed E-state index contributed by atoms with van der Waals surface area (Å²) in [6.45, 7) is 0.747. The number of hydrogen-bond donors (Lipinski definition) is 2. The number of nitrogens with one attached hydrogen (secondary N) is 2. The third kappa shape index (κ3) is 4.70. The standard InChI is InChI=1S/C31H34ClN3O2/c32-22-12-8-11-21(19-22)28-25-17-18-35(29(25)23-13-4-6-15-26(23)33-28)31(37)24-14-5-7-16-27(24)34-30(36)20-9-2-1-3-10-20/h1-4,6,8-10,12-13,15,19,21,24-25,27-29,33H,5,7,11,14,16-18H2,(H,34,36)/t21?,24-,25+,27+,28-,29-/m0/s1. The number of likely N-dealkylation sites (tertiary alicyclic amines) is 1. The fourth-order valence-corrected chi connectivity index (χ4v) is 7.26. The summed E-state index contributed by atoms with van der Waals surface area (Å²) in [7, 11) is 0. The summed E-state index contributed by atoms with van der Waals surface area (Å²) in [5.41, 5.74) is 2.96. The van der Waals surface area contributed by atoms with Crippen molar-refractivity contribution in [3.05, 3.63) is 89.0 Å². The Morgan fingerprint density at radius 2 is 1.76 bits per heavy atom. The fourth-order valence-electron chi connectivity index (χ4n) is 7.01. The van der Waals surface area contributed by atoms with Crippen LogP contribution in [-0.2, 0) is 4.79 Å². The predicted molar refractivity (Wildman–Crippen MR) is 147 cm³/mol. The van der Waals surface area contributed by atoms with Crippen molar-refractivity contribution >= 4 is 29.1 Å². The first-order valence-electron chi connectivity index (χ1n) is 13.7. The molecule has 0 radical (unpaired) electrons. The van der Waals surface area contributed by atoms with E-state index in [4.69, 9.17) is 11.6 Å². The molecule has 6 atom stereocenters.